The summed E-state index contributed by atoms with van der Waals surface area (Å²) in [6, 6.07) is 13.9. The van der Waals surface area contributed by atoms with Crippen molar-refractivity contribution >= 4 is 55.2 Å². The van der Waals surface area contributed by atoms with Gasteiger partial charge in [0.25, 0.3) is 5.91 Å². The van der Waals surface area contributed by atoms with Crippen LogP contribution in [0.25, 0.3) is 10.2 Å². The maximum atomic E-state index is 13.3. The fraction of sp³-hybridized carbons (Fsp3) is 0.300. The number of aryl methyl sites for hydroxylation is 1. The highest BCUT2D eigenvalue weighted by molar-refractivity contribution is 14.1. The third kappa shape index (κ3) is 3.63. The summed E-state index contributed by atoms with van der Waals surface area (Å²) in [5.41, 5.74) is 2.84. The quantitative estimate of drug-likeness (QED) is 0.494. The summed E-state index contributed by atoms with van der Waals surface area (Å²) in [5.74, 6) is -0.0127. The van der Waals surface area contributed by atoms with Crippen molar-refractivity contribution in [2.24, 2.45) is 0 Å². The second kappa shape index (κ2) is 7.62. The molecule has 1 fully saturated rings. The number of thiazole rings is 1. The molecular formula is C20H19IN2O2S. The molecule has 4 rings (SSSR count). The molecule has 0 N–H and O–H groups in total. The summed E-state index contributed by atoms with van der Waals surface area (Å²) in [6.07, 6.45) is 2.11. The Morgan fingerprint density at radius 1 is 1.35 bits per heavy atom. The van der Waals surface area contributed by atoms with Crippen molar-refractivity contribution in [3.63, 3.8) is 0 Å². The van der Waals surface area contributed by atoms with Crippen molar-refractivity contribution in [2.45, 2.75) is 25.9 Å². The van der Waals surface area contributed by atoms with Gasteiger partial charge >= 0.3 is 0 Å². The number of ether oxygens (including phenoxy) is 1. The fourth-order valence-electron chi connectivity index (χ4n) is 3.16. The first-order valence-electron chi connectivity index (χ1n) is 8.67. The van der Waals surface area contributed by atoms with Crippen LogP contribution < -0.4 is 4.90 Å². The van der Waals surface area contributed by atoms with E-state index in [1.54, 1.807) is 16.2 Å². The molecule has 1 aromatic heterocycles. The number of halogens is 1. The van der Waals surface area contributed by atoms with E-state index in [-0.39, 0.29) is 12.0 Å². The zero-order valence-corrected chi connectivity index (χ0v) is 17.4. The molecule has 1 saturated heterocycles. The number of rotatable bonds is 4. The molecule has 134 valence electrons. The van der Waals surface area contributed by atoms with Crippen molar-refractivity contribution in [2.75, 3.05) is 18.1 Å². The lowest BCUT2D eigenvalue weighted by Gasteiger charge is -2.23. The number of fused-ring (bicyclic) bond motifs is 1. The monoisotopic (exact) mass is 478 g/mol. The summed E-state index contributed by atoms with van der Waals surface area (Å²) in [6.45, 7) is 3.39. The molecule has 4 nitrogen and oxygen atoms in total. The molecule has 1 aliphatic rings. The Balaban J connectivity index is 1.73. The molecule has 2 aromatic carbocycles. The van der Waals surface area contributed by atoms with Crippen LogP contribution in [0.5, 0.6) is 0 Å². The number of carbonyl (C=O) groups is 1. The average Bonchev–Trinajstić information content (AvgIpc) is 3.28. The highest BCUT2D eigenvalue weighted by Crippen LogP contribution is 2.32. The van der Waals surface area contributed by atoms with E-state index in [9.17, 15) is 4.79 Å². The van der Waals surface area contributed by atoms with E-state index in [2.05, 4.69) is 41.6 Å². The largest absolute Gasteiger partial charge is 0.376 e. The minimum atomic E-state index is -0.0127. The Kier molecular flexibility index (Phi) is 5.24. The van der Waals surface area contributed by atoms with Crippen molar-refractivity contribution in [3.05, 3.63) is 57.2 Å². The normalized spacial score (nSPS) is 16.9. The number of benzene rings is 2. The minimum Gasteiger partial charge on any atom is -0.376 e. The molecule has 1 atom stereocenters. The zero-order valence-electron chi connectivity index (χ0n) is 14.4. The van der Waals surface area contributed by atoms with Crippen molar-refractivity contribution in [1.29, 1.82) is 0 Å². The summed E-state index contributed by atoms with van der Waals surface area (Å²) in [5, 5.41) is 0.741. The SMILES string of the molecule is Cc1ccc2nc(N(CC3CCCO3)C(=O)c3ccccc3I)sc2c1. The van der Waals surface area contributed by atoms with E-state index >= 15 is 0 Å². The Hall–Kier alpha value is -1.51. The molecule has 0 aliphatic carbocycles. The van der Waals surface area contributed by atoms with Crippen molar-refractivity contribution in [1.82, 2.24) is 4.98 Å². The van der Waals surface area contributed by atoms with Gasteiger partial charge in [0.2, 0.25) is 0 Å². The third-order valence-corrected chi connectivity index (χ3v) is 6.50. The first kappa shape index (κ1) is 17.9. The van der Waals surface area contributed by atoms with Crippen LogP contribution in [0.2, 0.25) is 0 Å². The van der Waals surface area contributed by atoms with E-state index in [0.717, 1.165) is 38.4 Å². The summed E-state index contributed by atoms with van der Waals surface area (Å²) < 4.78 is 7.85. The molecule has 1 unspecified atom stereocenters. The van der Waals surface area contributed by atoms with Crippen LogP contribution in [-0.4, -0.2) is 30.1 Å². The number of carbonyl (C=O) groups excluding carboxylic acids is 1. The molecule has 0 saturated carbocycles. The predicted octanol–water partition coefficient (Wildman–Crippen LogP) is 5.04. The fourth-order valence-corrected chi connectivity index (χ4v) is 4.84. The topological polar surface area (TPSA) is 42.4 Å². The van der Waals surface area contributed by atoms with Gasteiger partial charge in [0.15, 0.2) is 5.13 Å². The molecule has 0 spiro atoms. The maximum Gasteiger partial charge on any atom is 0.261 e. The number of amides is 1. The van der Waals surface area contributed by atoms with E-state index in [0.29, 0.717) is 12.1 Å². The third-order valence-electron chi connectivity index (χ3n) is 4.52. The molecule has 2 heterocycles. The average molecular weight is 478 g/mol. The molecule has 0 radical (unpaired) electrons. The number of aromatic nitrogens is 1. The number of hydrogen-bond acceptors (Lipinski definition) is 4. The van der Waals surface area contributed by atoms with Gasteiger partial charge in [-0.1, -0.05) is 29.5 Å². The van der Waals surface area contributed by atoms with E-state index in [1.165, 1.54) is 5.56 Å². The maximum absolute atomic E-state index is 13.3. The molecular weight excluding hydrogens is 459 g/mol. The van der Waals surface area contributed by atoms with Gasteiger partial charge in [-0.2, -0.15) is 0 Å². The zero-order chi connectivity index (χ0) is 18.1. The first-order chi connectivity index (χ1) is 12.6. The second-order valence-corrected chi connectivity index (χ2v) is 8.67. The van der Waals surface area contributed by atoms with E-state index < -0.39 is 0 Å². The second-order valence-electron chi connectivity index (χ2n) is 6.50. The highest BCUT2D eigenvalue weighted by Gasteiger charge is 2.27. The van der Waals surface area contributed by atoms with Crippen LogP contribution in [-0.2, 0) is 4.74 Å². The van der Waals surface area contributed by atoms with Crippen LogP contribution in [0.3, 0.4) is 0 Å². The van der Waals surface area contributed by atoms with Crippen molar-refractivity contribution in [3.8, 4) is 0 Å². The standard InChI is InChI=1S/C20H19IN2O2S/c1-13-8-9-17-18(11-13)26-20(22-17)23(12-14-5-4-10-25-14)19(24)15-6-2-3-7-16(15)21/h2-3,6-9,11,14H,4-5,10,12H2,1H3. The number of hydrogen-bond donors (Lipinski definition) is 0. The van der Waals surface area contributed by atoms with Crippen molar-refractivity contribution < 1.29 is 9.53 Å². The molecule has 1 aliphatic heterocycles. The lowest BCUT2D eigenvalue weighted by atomic mass is 10.2. The first-order valence-corrected chi connectivity index (χ1v) is 10.6. The lowest BCUT2D eigenvalue weighted by Crippen LogP contribution is -2.37. The van der Waals surface area contributed by atoms with Gasteiger partial charge in [-0.05, 0) is 72.2 Å². The Morgan fingerprint density at radius 3 is 2.96 bits per heavy atom. The lowest BCUT2D eigenvalue weighted by molar-refractivity contribution is 0.0916. The summed E-state index contributed by atoms with van der Waals surface area (Å²) in [7, 11) is 0. The Bertz CT molecular complexity index is 950. The van der Waals surface area contributed by atoms with Crippen LogP contribution in [0.1, 0.15) is 28.8 Å². The highest BCUT2D eigenvalue weighted by atomic mass is 127. The van der Waals surface area contributed by atoms with Gasteiger partial charge in [0, 0.05) is 10.2 Å². The van der Waals surface area contributed by atoms with Gasteiger partial charge in [-0.15, -0.1) is 0 Å². The van der Waals surface area contributed by atoms with Crippen LogP contribution in [0, 0.1) is 10.5 Å². The van der Waals surface area contributed by atoms with Gasteiger partial charge < -0.3 is 4.74 Å². The summed E-state index contributed by atoms with van der Waals surface area (Å²) in [4.78, 5) is 19.9. The predicted molar refractivity (Wildman–Crippen MR) is 114 cm³/mol. The number of anilines is 1. The Labute approximate surface area is 170 Å². The van der Waals surface area contributed by atoms with Gasteiger partial charge in [0.1, 0.15) is 0 Å². The summed E-state index contributed by atoms with van der Waals surface area (Å²) >= 11 is 3.78. The van der Waals surface area contributed by atoms with E-state index in [1.807, 2.05) is 30.3 Å². The smallest absolute Gasteiger partial charge is 0.261 e. The Morgan fingerprint density at radius 2 is 2.19 bits per heavy atom. The van der Waals surface area contributed by atoms with Crippen LogP contribution in [0.4, 0.5) is 5.13 Å². The van der Waals surface area contributed by atoms with Crippen LogP contribution >= 0.6 is 33.9 Å². The van der Waals surface area contributed by atoms with Gasteiger partial charge in [-0.25, -0.2) is 4.98 Å². The van der Waals surface area contributed by atoms with E-state index in [4.69, 9.17) is 9.72 Å². The molecule has 6 heteroatoms. The molecule has 3 aromatic rings. The minimum absolute atomic E-state index is 0.0127. The molecule has 26 heavy (non-hydrogen) atoms. The molecule has 1 amide bonds. The molecule has 0 bridgehead atoms. The van der Waals surface area contributed by atoms with Crippen LogP contribution in [0.15, 0.2) is 42.5 Å². The number of nitrogens with zero attached hydrogens (tertiary/aromatic N) is 2. The van der Waals surface area contributed by atoms with Gasteiger partial charge in [-0.3, -0.25) is 9.69 Å². The van der Waals surface area contributed by atoms with Gasteiger partial charge in [0.05, 0.1) is 28.4 Å².